The maximum Gasteiger partial charge on any atom is 0.244 e. The number of benzene rings is 1. The van der Waals surface area contributed by atoms with Gasteiger partial charge >= 0.3 is 0 Å². The molecular formula is C12H13BrClNO3S. The molecule has 1 saturated heterocycles. The van der Waals surface area contributed by atoms with Crippen molar-refractivity contribution < 1.29 is 13.5 Å². The lowest BCUT2D eigenvalue weighted by molar-refractivity contribution is -0.0764. The highest BCUT2D eigenvalue weighted by Gasteiger charge is 2.55. The Bertz CT molecular complexity index is 624. The van der Waals surface area contributed by atoms with E-state index in [0.717, 1.165) is 17.3 Å². The second-order valence-electron chi connectivity index (χ2n) is 5.23. The van der Waals surface area contributed by atoms with Crippen molar-refractivity contribution in [2.75, 3.05) is 13.1 Å². The summed E-state index contributed by atoms with van der Waals surface area (Å²) in [7, 11) is -3.61. The average Bonchev–Trinajstić information content (AvgIpc) is 3.07. The zero-order valence-corrected chi connectivity index (χ0v) is 13.2. The molecule has 0 bridgehead atoms. The predicted octanol–water partition coefficient (Wildman–Crippen LogP) is 2.25. The van der Waals surface area contributed by atoms with Crippen LogP contribution in [0.3, 0.4) is 0 Å². The molecule has 104 valence electrons. The van der Waals surface area contributed by atoms with E-state index < -0.39 is 15.6 Å². The van der Waals surface area contributed by atoms with Crippen molar-refractivity contribution in [3.05, 3.63) is 27.7 Å². The summed E-state index contributed by atoms with van der Waals surface area (Å²) in [6, 6.07) is 4.68. The first-order chi connectivity index (χ1) is 8.83. The molecule has 0 spiro atoms. The minimum absolute atomic E-state index is 0.0928. The summed E-state index contributed by atoms with van der Waals surface area (Å²) in [5.41, 5.74) is -0.824. The number of aliphatic hydroxyl groups is 1. The Morgan fingerprint density at radius 3 is 2.53 bits per heavy atom. The number of rotatable bonds is 3. The largest absolute Gasteiger partial charge is 0.387 e. The van der Waals surface area contributed by atoms with Gasteiger partial charge in [0, 0.05) is 17.6 Å². The van der Waals surface area contributed by atoms with Gasteiger partial charge in [-0.15, -0.1) is 0 Å². The van der Waals surface area contributed by atoms with E-state index in [2.05, 4.69) is 15.9 Å². The van der Waals surface area contributed by atoms with Crippen LogP contribution in [-0.2, 0) is 10.0 Å². The van der Waals surface area contributed by atoms with Gasteiger partial charge in [0.15, 0.2) is 0 Å². The molecule has 4 nitrogen and oxygen atoms in total. The number of β-amino-alcohol motifs (C(OH)–C–C–N with tert-alkyl or cyclic N) is 1. The van der Waals surface area contributed by atoms with E-state index >= 15 is 0 Å². The molecule has 0 atom stereocenters. The van der Waals surface area contributed by atoms with Crippen LogP contribution in [0.15, 0.2) is 27.6 Å². The Hall–Kier alpha value is -0.140. The fourth-order valence-corrected chi connectivity index (χ4v) is 5.01. The highest BCUT2D eigenvalue weighted by atomic mass is 79.9. The molecule has 1 aliphatic heterocycles. The lowest BCUT2D eigenvalue weighted by atomic mass is 9.91. The topological polar surface area (TPSA) is 57.6 Å². The third-order valence-electron chi connectivity index (χ3n) is 3.75. The molecule has 1 saturated carbocycles. The zero-order valence-electron chi connectivity index (χ0n) is 10.0. The van der Waals surface area contributed by atoms with Crippen LogP contribution in [0.4, 0.5) is 0 Å². The lowest BCUT2D eigenvalue weighted by Crippen LogP contribution is -2.64. The normalized spacial score (nSPS) is 23.1. The third-order valence-corrected chi connectivity index (χ3v) is 6.52. The Labute approximate surface area is 125 Å². The SMILES string of the molecule is O=S(=O)(c1ccc(Br)cc1Cl)N1CC(O)(C2CC2)C1. The Balaban J connectivity index is 1.84. The van der Waals surface area contributed by atoms with Gasteiger partial charge in [-0.1, -0.05) is 27.5 Å². The van der Waals surface area contributed by atoms with E-state index in [-0.39, 0.29) is 28.9 Å². The van der Waals surface area contributed by atoms with Crippen molar-refractivity contribution >= 4 is 37.6 Å². The maximum absolute atomic E-state index is 12.4. The van der Waals surface area contributed by atoms with E-state index in [0.29, 0.717) is 0 Å². The van der Waals surface area contributed by atoms with Crippen LogP contribution in [0.1, 0.15) is 12.8 Å². The van der Waals surface area contributed by atoms with E-state index in [1.54, 1.807) is 12.1 Å². The van der Waals surface area contributed by atoms with Gasteiger partial charge in [-0.2, -0.15) is 4.31 Å². The van der Waals surface area contributed by atoms with Crippen LogP contribution in [0, 0.1) is 5.92 Å². The van der Waals surface area contributed by atoms with Gasteiger partial charge in [0.05, 0.1) is 10.6 Å². The molecule has 1 aromatic rings. The Morgan fingerprint density at radius 2 is 2.00 bits per heavy atom. The first-order valence-corrected chi connectivity index (χ1v) is 8.62. The van der Waals surface area contributed by atoms with Crippen LogP contribution in [0.25, 0.3) is 0 Å². The molecule has 0 aromatic heterocycles. The first-order valence-electron chi connectivity index (χ1n) is 6.00. The molecule has 2 aliphatic rings. The van der Waals surface area contributed by atoms with Crippen LogP contribution >= 0.6 is 27.5 Å². The number of halogens is 2. The highest BCUT2D eigenvalue weighted by Crippen LogP contribution is 2.46. The van der Waals surface area contributed by atoms with Gasteiger partial charge in [0.1, 0.15) is 4.90 Å². The van der Waals surface area contributed by atoms with E-state index in [9.17, 15) is 13.5 Å². The van der Waals surface area contributed by atoms with Gasteiger partial charge in [0.25, 0.3) is 0 Å². The van der Waals surface area contributed by atoms with Crippen LogP contribution in [0.2, 0.25) is 5.02 Å². The molecule has 0 amide bonds. The second-order valence-corrected chi connectivity index (χ2v) is 8.45. The zero-order chi connectivity index (χ0) is 13.8. The predicted molar refractivity (Wildman–Crippen MR) is 75.6 cm³/mol. The number of sulfonamides is 1. The number of hydrogen-bond donors (Lipinski definition) is 1. The molecule has 1 aromatic carbocycles. The highest BCUT2D eigenvalue weighted by molar-refractivity contribution is 9.10. The summed E-state index contributed by atoms with van der Waals surface area (Å²) in [6.45, 7) is 0.346. The van der Waals surface area contributed by atoms with Crippen molar-refractivity contribution in [2.24, 2.45) is 5.92 Å². The van der Waals surface area contributed by atoms with Gasteiger partial charge in [-0.05, 0) is 37.0 Å². The molecule has 1 N–H and O–H groups in total. The average molecular weight is 367 g/mol. The lowest BCUT2D eigenvalue weighted by Gasteiger charge is -2.45. The molecule has 19 heavy (non-hydrogen) atoms. The van der Waals surface area contributed by atoms with Crippen LogP contribution in [0.5, 0.6) is 0 Å². The van der Waals surface area contributed by atoms with Crippen LogP contribution < -0.4 is 0 Å². The van der Waals surface area contributed by atoms with Crippen molar-refractivity contribution in [2.45, 2.75) is 23.3 Å². The second kappa shape index (κ2) is 4.43. The molecule has 2 fully saturated rings. The molecule has 1 aliphatic carbocycles. The summed E-state index contributed by atoms with van der Waals surface area (Å²) >= 11 is 9.23. The Kier molecular flexibility index (Phi) is 3.22. The fourth-order valence-electron chi connectivity index (χ4n) is 2.44. The third kappa shape index (κ3) is 2.34. The summed E-state index contributed by atoms with van der Waals surface area (Å²) in [4.78, 5) is 0.0928. The first kappa shape index (κ1) is 13.8. The van der Waals surface area contributed by atoms with Crippen molar-refractivity contribution in [3.8, 4) is 0 Å². The van der Waals surface area contributed by atoms with Crippen LogP contribution in [-0.4, -0.2) is 36.5 Å². The number of nitrogens with zero attached hydrogens (tertiary/aromatic N) is 1. The van der Waals surface area contributed by atoms with E-state index in [1.807, 2.05) is 0 Å². The number of hydrogen-bond acceptors (Lipinski definition) is 3. The molecule has 0 radical (unpaired) electrons. The van der Waals surface area contributed by atoms with Gasteiger partial charge in [-0.25, -0.2) is 8.42 Å². The summed E-state index contributed by atoms with van der Waals surface area (Å²) < 4.78 is 26.8. The van der Waals surface area contributed by atoms with Crippen molar-refractivity contribution in [1.29, 1.82) is 0 Å². The summed E-state index contributed by atoms with van der Waals surface area (Å²) in [5, 5.41) is 10.4. The van der Waals surface area contributed by atoms with E-state index in [1.165, 1.54) is 10.4 Å². The smallest absolute Gasteiger partial charge is 0.244 e. The minimum atomic E-state index is -3.61. The fraction of sp³-hybridized carbons (Fsp3) is 0.500. The summed E-state index contributed by atoms with van der Waals surface area (Å²) in [6.07, 6.45) is 1.98. The Morgan fingerprint density at radius 1 is 1.37 bits per heavy atom. The molecule has 1 heterocycles. The summed E-state index contributed by atoms with van der Waals surface area (Å²) in [5.74, 6) is 0.263. The van der Waals surface area contributed by atoms with Gasteiger partial charge in [-0.3, -0.25) is 0 Å². The quantitative estimate of drug-likeness (QED) is 0.892. The van der Waals surface area contributed by atoms with Gasteiger partial charge < -0.3 is 5.11 Å². The molecule has 7 heteroatoms. The minimum Gasteiger partial charge on any atom is -0.387 e. The van der Waals surface area contributed by atoms with Gasteiger partial charge in [0.2, 0.25) is 10.0 Å². The van der Waals surface area contributed by atoms with Crippen molar-refractivity contribution in [3.63, 3.8) is 0 Å². The maximum atomic E-state index is 12.4. The monoisotopic (exact) mass is 365 g/mol. The molecule has 0 unspecified atom stereocenters. The molecular weight excluding hydrogens is 354 g/mol. The van der Waals surface area contributed by atoms with E-state index in [4.69, 9.17) is 11.6 Å². The van der Waals surface area contributed by atoms with Crippen molar-refractivity contribution in [1.82, 2.24) is 4.31 Å². The standard InChI is InChI=1S/C12H13BrClNO3S/c13-9-3-4-11(10(14)5-9)19(17,18)15-6-12(16,7-15)8-1-2-8/h3-5,8,16H,1-2,6-7H2. The molecule has 3 rings (SSSR count).